The fourth-order valence-electron chi connectivity index (χ4n) is 3.07. The zero-order valence-corrected chi connectivity index (χ0v) is 14.1. The molecule has 1 aliphatic carbocycles. The van der Waals surface area contributed by atoms with Crippen molar-refractivity contribution in [2.24, 2.45) is 22.5 Å². The van der Waals surface area contributed by atoms with E-state index in [0.717, 1.165) is 25.2 Å². The van der Waals surface area contributed by atoms with Gasteiger partial charge in [0, 0.05) is 12.6 Å². The van der Waals surface area contributed by atoms with Crippen LogP contribution in [0.4, 0.5) is 0 Å². The van der Waals surface area contributed by atoms with Crippen molar-refractivity contribution in [3.05, 3.63) is 0 Å². The van der Waals surface area contributed by atoms with E-state index in [9.17, 15) is 4.79 Å². The maximum Gasteiger partial charge on any atom is 0.227 e. The SMILES string of the molecule is CCC(C)(CN)C(=O)NC1CCC(C(C)(C)CC)CC1. The number of rotatable bonds is 6. The Morgan fingerprint density at radius 3 is 2.05 bits per heavy atom. The molecule has 118 valence electrons. The van der Waals surface area contributed by atoms with E-state index in [2.05, 4.69) is 26.1 Å². The van der Waals surface area contributed by atoms with Gasteiger partial charge in [0.05, 0.1) is 5.41 Å². The number of hydrogen-bond donors (Lipinski definition) is 2. The van der Waals surface area contributed by atoms with Crippen LogP contribution in [0.15, 0.2) is 0 Å². The van der Waals surface area contributed by atoms with Gasteiger partial charge in [0.2, 0.25) is 5.91 Å². The molecule has 3 heteroatoms. The van der Waals surface area contributed by atoms with Crippen LogP contribution in [-0.2, 0) is 4.79 Å². The first kappa shape index (κ1) is 17.5. The number of carbonyl (C=O) groups excluding carboxylic acids is 1. The molecule has 1 rings (SSSR count). The quantitative estimate of drug-likeness (QED) is 0.783. The van der Waals surface area contributed by atoms with Crippen molar-refractivity contribution in [1.29, 1.82) is 0 Å². The Bertz CT molecular complexity index is 313. The van der Waals surface area contributed by atoms with Crippen molar-refractivity contribution >= 4 is 5.91 Å². The predicted octanol–water partition coefficient (Wildman–Crippen LogP) is 3.47. The van der Waals surface area contributed by atoms with Gasteiger partial charge in [0.1, 0.15) is 0 Å². The second kappa shape index (κ2) is 6.93. The Morgan fingerprint density at radius 1 is 1.10 bits per heavy atom. The average molecular weight is 282 g/mol. The summed E-state index contributed by atoms with van der Waals surface area (Å²) in [6.07, 6.45) is 6.73. The van der Waals surface area contributed by atoms with Crippen LogP contribution in [0.25, 0.3) is 0 Å². The molecule has 20 heavy (non-hydrogen) atoms. The summed E-state index contributed by atoms with van der Waals surface area (Å²) in [6.45, 7) is 11.5. The molecule has 1 atom stereocenters. The summed E-state index contributed by atoms with van der Waals surface area (Å²) < 4.78 is 0. The molecule has 1 amide bonds. The van der Waals surface area contributed by atoms with Crippen LogP contribution in [0, 0.1) is 16.7 Å². The van der Waals surface area contributed by atoms with Crippen molar-refractivity contribution < 1.29 is 4.79 Å². The van der Waals surface area contributed by atoms with Crippen LogP contribution < -0.4 is 11.1 Å². The van der Waals surface area contributed by atoms with Gasteiger partial charge in [-0.2, -0.15) is 0 Å². The summed E-state index contributed by atoms with van der Waals surface area (Å²) in [5.41, 5.74) is 5.79. The maximum atomic E-state index is 12.3. The Balaban J connectivity index is 2.49. The van der Waals surface area contributed by atoms with Crippen molar-refractivity contribution in [2.75, 3.05) is 6.54 Å². The monoisotopic (exact) mass is 282 g/mol. The summed E-state index contributed by atoms with van der Waals surface area (Å²) in [5, 5.41) is 3.23. The number of nitrogens with one attached hydrogen (secondary N) is 1. The predicted molar refractivity (Wildman–Crippen MR) is 85.4 cm³/mol. The Hall–Kier alpha value is -0.570. The van der Waals surface area contributed by atoms with E-state index in [1.165, 1.54) is 19.3 Å². The molecule has 0 heterocycles. The first-order chi connectivity index (χ1) is 9.29. The first-order valence-electron chi connectivity index (χ1n) is 8.30. The largest absolute Gasteiger partial charge is 0.353 e. The third-order valence-corrected chi connectivity index (χ3v) is 5.86. The topological polar surface area (TPSA) is 55.1 Å². The highest BCUT2D eigenvalue weighted by Crippen LogP contribution is 2.40. The molecule has 3 N–H and O–H groups in total. The number of hydrogen-bond acceptors (Lipinski definition) is 2. The standard InChI is InChI=1S/C17H34N2O/c1-6-16(3,4)13-8-10-14(11-9-13)19-15(20)17(5,7-2)12-18/h13-14H,6-12,18H2,1-5H3,(H,19,20). The van der Waals surface area contributed by atoms with Crippen molar-refractivity contribution in [3.63, 3.8) is 0 Å². The van der Waals surface area contributed by atoms with Crippen molar-refractivity contribution in [2.45, 2.75) is 79.2 Å². The molecule has 0 aromatic rings. The van der Waals surface area contributed by atoms with Crippen molar-refractivity contribution in [3.8, 4) is 0 Å². The molecule has 3 nitrogen and oxygen atoms in total. The van der Waals surface area contributed by atoms with E-state index < -0.39 is 5.41 Å². The lowest BCUT2D eigenvalue weighted by atomic mass is 9.69. The van der Waals surface area contributed by atoms with Crippen LogP contribution >= 0.6 is 0 Å². The number of amides is 1. The van der Waals surface area contributed by atoms with Gasteiger partial charge in [-0.05, 0) is 50.4 Å². The molecule has 0 saturated heterocycles. The highest BCUT2D eigenvalue weighted by Gasteiger charge is 2.35. The minimum atomic E-state index is -0.403. The van der Waals surface area contributed by atoms with Crippen molar-refractivity contribution in [1.82, 2.24) is 5.32 Å². The lowest BCUT2D eigenvalue weighted by Gasteiger charge is -2.39. The van der Waals surface area contributed by atoms with E-state index in [4.69, 9.17) is 5.73 Å². The molecule has 1 saturated carbocycles. The Kier molecular flexibility index (Phi) is 6.06. The van der Waals surface area contributed by atoms with E-state index in [-0.39, 0.29) is 5.91 Å². The molecule has 0 radical (unpaired) electrons. The van der Waals surface area contributed by atoms with Gasteiger partial charge in [-0.15, -0.1) is 0 Å². The Morgan fingerprint density at radius 2 is 1.65 bits per heavy atom. The molecule has 1 fully saturated rings. The fraction of sp³-hybridized carbons (Fsp3) is 0.941. The summed E-state index contributed by atoms with van der Waals surface area (Å²) in [5.74, 6) is 0.938. The smallest absolute Gasteiger partial charge is 0.227 e. The van der Waals surface area contributed by atoms with Gasteiger partial charge in [0.15, 0.2) is 0 Å². The first-order valence-corrected chi connectivity index (χ1v) is 8.30. The van der Waals surface area contributed by atoms with Gasteiger partial charge in [-0.3, -0.25) is 4.79 Å². The van der Waals surface area contributed by atoms with Crippen LogP contribution in [0.1, 0.15) is 73.1 Å². The minimum Gasteiger partial charge on any atom is -0.353 e. The molecule has 1 unspecified atom stereocenters. The summed E-state index contributed by atoms with van der Waals surface area (Å²) in [4.78, 5) is 12.3. The second-order valence-electron chi connectivity index (χ2n) is 7.48. The molecule has 0 bridgehead atoms. The van der Waals surface area contributed by atoms with E-state index in [1.54, 1.807) is 0 Å². The average Bonchev–Trinajstić information content (AvgIpc) is 2.46. The van der Waals surface area contributed by atoms with E-state index in [1.807, 2.05) is 13.8 Å². The minimum absolute atomic E-state index is 0.140. The fourth-order valence-corrected chi connectivity index (χ4v) is 3.07. The molecule has 0 aromatic heterocycles. The van der Waals surface area contributed by atoms with Gasteiger partial charge in [-0.1, -0.05) is 34.1 Å². The maximum absolute atomic E-state index is 12.3. The third-order valence-electron chi connectivity index (χ3n) is 5.86. The van der Waals surface area contributed by atoms with E-state index in [0.29, 0.717) is 18.0 Å². The summed E-state index contributed by atoms with van der Waals surface area (Å²) >= 11 is 0. The lowest BCUT2D eigenvalue weighted by molar-refractivity contribution is -0.131. The molecule has 1 aliphatic rings. The zero-order chi connectivity index (χ0) is 15.4. The van der Waals surface area contributed by atoms with Crippen LogP contribution in [0.2, 0.25) is 0 Å². The van der Waals surface area contributed by atoms with E-state index >= 15 is 0 Å². The number of nitrogens with two attached hydrogens (primary N) is 1. The molecule has 0 aliphatic heterocycles. The van der Waals surface area contributed by atoms with Gasteiger partial charge < -0.3 is 11.1 Å². The van der Waals surface area contributed by atoms with Gasteiger partial charge >= 0.3 is 0 Å². The highest BCUT2D eigenvalue weighted by molar-refractivity contribution is 5.82. The zero-order valence-electron chi connectivity index (χ0n) is 14.1. The second-order valence-corrected chi connectivity index (χ2v) is 7.48. The summed E-state index contributed by atoms with van der Waals surface area (Å²) in [6, 6.07) is 0.351. The molecule has 0 spiro atoms. The molecular formula is C17H34N2O. The van der Waals surface area contributed by atoms with Crippen LogP contribution in [0.5, 0.6) is 0 Å². The van der Waals surface area contributed by atoms with Gasteiger partial charge in [0.25, 0.3) is 0 Å². The van der Waals surface area contributed by atoms with Crippen LogP contribution in [0.3, 0.4) is 0 Å². The normalized spacial score (nSPS) is 26.9. The Labute approximate surface area is 125 Å². The number of carbonyl (C=O) groups is 1. The van der Waals surface area contributed by atoms with Crippen LogP contribution in [-0.4, -0.2) is 18.5 Å². The lowest BCUT2D eigenvalue weighted by Crippen LogP contribution is -2.48. The molecule has 0 aromatic carbocycles. The molecular weight excluding hydrogens is 248 g/mol. The third kappa shape index (κ3) is 3.97. The van der Waals surface area contributed by atoms with Gasteiger partial charge in [-0.25, -0.2) is 0 Å². The highest BCUT2D eigenvalue weighted by atomic mass is 16.2. The summed E-state index contributed by atoms with van der Waals surface area (Å²) in [7, 11) is 0.